The van der Waals surface area contributed by atoms with Crippen LogP contribution in [0.25, 0.3) is 16.7 Å². The second-order valence-corrected chi connectivity index (χ2v) is 4.56. The molecular formula is C14H11ClN2O2. The monoisotopic (exact) mass is 274 g/mol. The van der Waals surface area contributed by atoms with Crippen LogP contribution in [0.5, 0.6) is 5.75 Å². The SMILES string of the molecule is COc1ccc(-n2c(=O)[nH]c3ccc(Cl)cc32)cc1. The van der Waals surface area contributed by atoms with E-state index in [-0.39, 0.29) is 5.69 Å². The summed E-state index contributed by atoms with van der Waals surface area (Å²) in [5, 5.41) is 0.591. The summed E-state index contributed by atoms with van der Waals surface area (Å²) in [6.45, 7) is 0. The first-order valence-electron chi connectivity index (χ1n) is 5.74. The van der Waals surface area contributed by atoms with Crippen LogP contribution in [0.3, 0.4) is 0 Å². The highest BCUT2D eigenvalue weighted by atomic mass is 35.5. The van der Waals surface area contributed by atoms with Crippen molar-refractivity contribution in [2.24, 2.45) is 0 Å². The van der Waals surface area contributed by atoms with Crippen molar-refractivity contribution >= 4 is 22.6 Å². The first-order valence-corrected chi connectivity index (χ1v) is 6.11. The lowest BCUT2D eigenvalue weighted by Gasteiger charge is -2.05. The number of methoxy groups -OCH3 is 1. The van der Waals surface area contributed by atoms with Gasteiger partial charge in [-0.1, -0.05) is 11.6 Å². The van der Waals surface area contributed by atoms with E-state index in [1.807, 2.05) is 24.3 Å². The maximum atomic E-state index is 12.0. The van der Waals surface area contributed by atoms with Gasteiger partial charge in [0.2, 0.25) is 0 Å². The van der Waals surface area contributed by atoms with Crippen molar-refractivity contribution in [2.75, 3.05) is 7.11 Å². The normalized spacial score (nSPS) is 10.8. The summed E-state index contributed by atoms with van der Waals surface area (Å²) in [5.74, 6) is 0.745. The third-order valence-electron chi connectivity index (χ3n) is 2.98. The molecule has 1 aromatic heterocycles. The number of fused-ring (bicyclic) bond motifs is 1. The van der Waals surface area contributed by atoms with Gasteiger partial charge in [0.1, 0.15) is 5.75 Å². The number of halogens is 1. The van der Waals surface area contributed by atoms with Gasteiger partial charge < -0.3 is 9.72 Å². The molecule has 1 N–H and O–H groups in total. The molecule has 0 bridgehead atoms. The van der Waals surface area contributed by atoms with Gasteiger partial charge in [0, 0.05) is 5.02 Å². The Balaban J connectivity index is 2.25. The molecule has 19 heavy (non-hydrogen) atoms. The lowest BCUT2D eigenvalue weighted by atomic mass is 10.2. The number of H-pyrrole nitrogens is 1. The van der Waals surface area contributed by atoms with Gasteiger partial charge in [-0.05, 0) is 42.5 Å². The summed E-state index contributed by atoms with van der Waals surface area (Å²) in [7, 11) is 1.60. The number of nitrogens with zero attached hydrogens (tertiary/aromatic N) is 1. The number of hydrogen-bond donors (Lipinski definition) is 1. The molecule has 0 radical (unpaired) electrons. The predicted octanol–water partition coefficient (Wildman–Crippen LogP) is 2.98. The Hall–Kier alpha value is -2.20. The first-order chi connectivity index (χ1) is 9.19. The van der Waals surface area contributed by atoms with E-state index in [0.29, 0.717) is 5.02 Å². The molecule has 3 rings (SSSR count). The molecular weight excluding hydrogens is 264 g/mol. The number of ether oxygens (including phenoxy) is 1. The molecule has 2 aromatic carbocycles. The first kappa shape index (κ1) is 11.9. The van der Waals surface area contributed by atoms with Crippen LogP contribution < -0.4 is 10.4 Å². The molecule has 0 spiro atoms. The molecule has 5 heteroatoms. The van der Waals surface area contributed by atoms with Crippen LogP contribution in [-0.4, -0.2) is 16.7 Å². The molecule has 96 valence electrons. The third kappa shape index (κ3) is 2.00. The summed E-state index contributed by atoms with van der Waals surface area (Å²) in [6, 6.07) is 12.6. The number of hydrogen-bond acceptors (Lipinski definition) is 2. The Morgan fingerprint density at radius 3 is 2.58 bits per heavy atom. The summed E-state index contributed by atoms with van der Waals surface area (Å²) in [6.07, 6.45) is 0. The molecule has 0 aliphatic heterocycles. The van der Waals surface area contributed by atoms with Gasteiger partial charge in [-0.3, -0.25) is 4.57 Å². The molecule has 3 aromatic rings. The van der Waals surface area contributed by atoms with Gasteiger partial charge >= 0.3 is 5.69 Å². The fourth-order valence-electron chi connectivity index (χ4n) is 2.06. The number of aromatic amines is 1. The van der Waals surface area contributed by atoms with E-state index in [4.69, 9.17) is 16.3 Å². The Bertz CT molecular complexity index is 787. The van der Waals surface area contributed by atoms with Gasteiger partial charge in [0.25, 0.3) is 0 Å². The van der Waals surface area contributed by atoms with Gasteiger partial charge in [0.05, 0.1) is 23.8 Å². The quantitative estimate of drug-likeness (QED) is 0.781. The topological polar surface area (TPSA) is 47.0 Å². The minimum atomic E-state index is -0.192. The van der Waals surface area contributed by atoms with Crippen LogP contribution in [0.1, 0.15) is 0 Å². The second-order valence-electron chi connectivity index (χ2n) is 4.13. The maximum absolute atomic E-state index is 12.0. The zero-order valence-electron chi connectivity index (χ0n) is 10.2. The van der Waals surface area contributed by atoms with Gasteiger partial charge in [-0.15, -0.1) is 0 Å². The Kier molecular flexibility index (Phi) is 2.80. The maximum Gasteiger partial charge on any atom is 0.331 e. The summed E-state index contributed by atoms with van der Waals surface area (Å²) < 4.78 is 6.69. The minimum absolute atomic E-state index is 0.192. The lowest BCUT2D eigenvalue weighted by molar-refractivity contribution is 0.414. The largest absolute Gasteiger partial charge is 0.497 e. The number of imidazole rings is 1. The van der Waals surface area contributed by atoms with E-state index in [0.717, 1.165) is 22.5 Å². The molecule has 0 fully saturated rings. The van der Waals surface area contributed by atoms with Gasteiger partial charge in [-0.2, -0.15) is 0 Å². The van der Waals surface area contributed by atoms with Crippen molar-refractivity contribution in [1.29, 1.82) is 0 Å². The summed E-state index contributed by atoms with van der Waals surface area (Å²) in [4.78, 5) is 14.8. The zero-order valence-corrected chi connectivity index (χ0v) is 10.9. The van der Waals surface area contributed by atoms with E-state index in [2.05, 4.69) is 4.98 Å². The van der Waals surface area contributed by atoms with Crippen molar-refractivity contribution in [1.82, 2.24) is 9.55 Å². The highest BCUT2D eigenvalue weighted by Crippen LogP contribution is 2.21. The number of nitrogens with one attached hydrogen (secondary N) is 1. The smallest absolute Gasteiger partial charge is 0.331 e. The molecule has 0 saturated carbocycles. The summed E-state index contributed by atoms with van der Waals surface area (Å²) >= 11 is 5.99. The van der Waals surface area contributed by atoms with Crippen LogP contribution in [0.2, 0.25) is 5.02 Å². The van der Waals surface area contributed by atoms with Crippen LogP contribution in [0.4, 0.5) is 0 Å². The van der Waals surface area contributed by atoms with Crippen molar-refractivity contribution < 1.29 is 4.74 Å². The molecule has 0 aliphatic rings. The van der Waals surface area contributed by atoms with Crippen molar-refractivity contribution in [3.8, 4) is 11.4 Å². The van der Waals surface area contributed by atoms with E-state index < -0.39 is 0 Å². The van der Waals surface area contributed by atoms with Crippen LogP contribution in [-0.2, 0) is 0 Å². The van der Waals surface area contributed by atoms with Crippen LogP contribution in [0, 0.1) is 0 Å². The average molecular weight is 275 g/mol. The highest BCUT2D eigenvalue weighted by Gasteiger charge is 2.09. The third-order valence-corrected chi connectivity index (χ3v) is 3.21. The average Bonchev–Trinajstić information content (AvgIpc) is 2.74. The zero-order chi connectivity index (χ0) is 13.4. The molecule has 4 nitrogen and oxygen atoms in total. The van der Waals surface area contributed by atoms with E-state index in [1.54, 1.807) is 29.9 Å². The molecule has 0 atom stereocenters. The van der Waals surface area contributed by atoms with Crippen LogP contribution in [0.15, 0.2) is 47.3 Å². The number of rotatable bonds is 2. The molecule has 0 unspecified atom stereocenters. The van der Waals surface area contributed by atoms with Crippen molar-refractivity contribution in [3.05, 3.63) is 58.0 Å². The molecule has 1 heterocycles. The summed E-state index contributed by atoms with van der Waals surface area (Å²) in [5.41, 5.74) is 2.08. The Labute approximate surface area is 114 Å². The van der Waals surface area contributed by atoms with E-state index in [9.17, 15) is 4.79 Å². The van der Waals surface area contributed by atoms with Gasteiger partial charge in [-0.25, -0.2) is 4.79 Å². The Morgan fingerprint density at radius 1 is 1.16 bits per heavy atom. The number of aromatic nitrogens is 2. The van der Waals surface area contributed by atoms with E-state index >= 15 is 0 Å². The fraction of sp³-hybridized carbons (Fsp3) is 0.0714. The highest BCUT2D eigenvalue weighted by molar-refractivity contribution is 6.31. The predicted molar refractivity (Wildman–Crippen MR) is 75.5 cm³/mol. The van der Waals surface area contributed by atoms with Crippen LogP contribution >= 0.6 is 11.6 Å². The molecule has 0 aliphatic carbocycles. The van der Waals surface area contributed by atoms with Crippen molar-refractivity contribution in [2.45, 2.75) is 0 Å². The standard InChI is InChI=1S/C14H11ClN2O2/c1-19-11-5-3-10(4-6-11)17-13-8-9(15)2-7-12(13)16-14(17)18/h2-8H,1H3,(H,16,18). The lowest BCUT2D eigenvalue weighted by Crippen LogP contribution is -2.14. The molecule has 0 amide bonds. The fourth-order valence-corrected chi connectivity index (χ4v) is 2.23. The van der Waals surface area contributed by atoms with E-state index in [1.165, 1.54) is 0 Å². The van der Waals surface area contributed by atoms with Crippen molar-refractivity contribution in [3.63, 3.8) is 0 Å². The molecule has 0 saturated heterocycles. The number of benzene rings is 2. The van der Waals surface area contributed by atoms with Gasteiger partial charge in [0.15, 0.2) is 0 Å². The Morgan fingerprint density at radius 2 is 1.89 bits per heavy atom. The second kappa shape index (κ2) is 4.48. The minimum Gasteiger partial charge on any atom is -0.497 e.